The summed E-state index contributed by atoms with van der Waals surface area (Å²) >= 11 is 0. The number of pyridine rings is 1. The van der Waals surface area contributed by atoms with Crippen LogP contribution in [0.25, 0.3) is 0 Å². The number of rotatable bonds is 6. The molecule has 2 rings (SSSR count). The fraction of sp³-hybridized carbons (Fsp3) is 0.333. The zero-order chi connectivity index (χ0) is 16.9. The molecule has 0 aliphatic rings. The van der Waals surface area contributed by atoms with Crippen molar-refractivity contribution < 1.29 is 14.6 Å². The molecule has 0 radical (unpaired) electrons. The molecule has 0 fully saturated rings. The standard InChI is InChI=1S/C18H22N2O3/c1-18(2,3)23-16-6-4-5-15(20-16)12-19-11-13-7-9-14(10-8-13)17(21)22/h4-10,19H,11-12H2,1-3H3,(H,21,22). The fourth-order valence-corrected chi connectivity index (χ4v) is 2.03. The van der Waals surface area contributed by atoms with E-state index < -0.39 is 5.97 Å². The Morgan fingerprint density at radius 2 is 1.83 bits per heavy atom. The SMILES string of the molecule is CC(C)(C)Oc1cccc(CNCc2ccc(C(=O)O)cc2)n1. The van der Waals surface area contributed by atoms with Crippen LogP contribution in [0.3, 0.4) is 0 Å². The van der Waals surface area contributed by atoms with Crippen molar-refractivity contribution in [2.75, 3.05) is 0 Å². The minimum atomic E-state index is -0.913. The van der Waals surface area contributed by atoms with Crippen LogP contribution in [-0.2, 0) is 13.1 Å². The summed E-state index contributed by atoms with van der Waals surface area (Å²) in [7, 11) is 0. The Morgan fingerprint density at radius 1 is 1.13 bits per heavy atom. The molecule has 0 atom stereocenters. The van der Waals surface area contributed by atoms with Crippen molar-refractivity contribution in [3.63, 3.8) is 0 Å². The van der Waals surface area contributed by atoms with Crippen molar-refractivity contribution in [1.82, 2.24) is 10.3 Å². The molecule has 2 N–H and O–H groups in total. The molecule has 2 aromatic rings. The predicted octanol–water partition coefficient (Wildman–Crippen LogP) is 3.25. The zero-order valence-corrected chi connectivity index (χ0v) is 13.7. The average molecular weight is 314 g/mol. The first-order valence-electron chi connectivity index (χ1n) is 7.51. The van der Waals surface area contributed by atoms with Crippen molar-refractivity contribution in [2.45, 2.75) is 39.5 Å². The predicted molar refractivity (Wildman–Crippen MR) is 88.6 cm³/mol. The van der Waals surface area contributed by atoms with Crippen LogP contribution in [0, 0.1) is 0 Å². The summed E-state index contributed by atoms with van der Waals surface area (Å²) in [6, 6.07) is 12.5. The van der Waals surface area contributed by atoms with E-state index >= 15 is 0 Å². The van der Waals surface area contributed by atoms with E-state index in [4.69, 9.17) is 9.84 Å². The molecule has 5 nitrogen and oxygen atoms in total. The Kier molecular flexibility index (Phi) is 5.34. The molecule has 5 heteroatoms. The van der Waals surface area contributed by atoms with Crippen LogP contribution in [-0.4, -0.2) is 21.7 Å². The average Bonchev–Trinajstić information content (AvgIpc) is 2.46. The molecular weight excluding hydrogens is 292 g/mol. The number of aromatic nitrogens is 1. The molecule has 122 valence electrons. The number of nitrogens with zero attached hydrogens (tertiary/aromatic N) is 1. The summed E-state index contributed by atoms with van der Waals surface area (Å²) < 4.78 is 5.75. The van der Waals surface area contributed by atoms with E-state index in [-0.39, 0.29) is 5.60 Å². The second-order valence-electron chi connectivity index (χ2n) is 6.29. The van der Waals surface area contributed by atoms with E-state index in [1.54, 1.807) is 12.1 Å². The zero-order valence-electron chi connectivity index (χ0n) is 13.7. The molecule has 1 aromatic carbocycles. The molecule has 0 aliphatic heterocycles. The van der Waals surface area contributed by atoms with Gasteiger partial charge in [-0.05, 0) is 44.5 Å². The third-order valence-electron chi connectivity index (χ3n) is 3.03. The molecule has 0 amide bonds. The maximum atomic E-state index is 10.8. The summed E-state index contributed by atoms with van der Waals surface area (Å²) in [5, 5.41) is 12.2. The molecule has 1 aromatic heterocycles. The van der Waals surface area contributed by atoms with Gasteiger partial charge in [-0.15, -0.1) is 0 Å². The van der Waals surface area contributed by atoms with Gasteiger partial charge in [-0.3, -0.25) is 0 Å². The van der Waals surface area contributed by atoms with E-state index in [0.29, 0.717) is 24.5 Å². The maximum Gasteiger partial charge on any atom is 0.335 e. The van der Waals surface area contributed by atoms with E-state index in [1.807, 2.05) is 51.1 Å². The minimum Gasteiger partial charge on any atom is -0.478 e. The lowest BCUT2D eigenvalue weighted by atomic mass is 10.1. The quantitative estimate of drug-likeness (QED) is 0.856. The minimum absolute atomic E-state index is 0.273. The Bertz CT molecular complexity index is 661. The van der Waals surface area contributed by atoms with Crippen molar-refractivity contribution in [3.05, 3.63) is 59.3 Å². The fourth-order valence-electron chi connectivity index (χ4n) is 2.03. The Labute approximate surface area is 136 Å². The van der Waals surface area contributed by atoms with Crippen LogP contribution in [0.2, 0.25) is 0 Å². The molecule has 0 spiro atoms. The molecular formula is C18H22N2O3. The van der Waals surface area contributed by atoms with Crippen LogP contribution in [0.1, 0.15) is 42.4 Å². The highest BCUT2D eigenvalue weighted by Crippen LogP contribution is 2.15. The van der Waals surface area contributed by atoms with Gasteiger partial charge in [0.15, 0.2) is 0 Å². The van der Waals surface area contributed by atoms with E-state index in [1.165, 1.54) is 0 Å². The molecule has 0 bridgehead atoms. The van der Waals surface area contributed by atoms with Crippen LogP contribution in [0.15, 0.2) is 42.5 Å². The summed E-state index contributed by atoms with van der Waals surface area (Å²) in [5.41, 5.74) is 1.94. The van der Waals surface area contributed by atoms with Gasteiger partial charge in [0.2, 0.25) is 5.88 Å². The number of aromatic carboxylic acids is 1. The molecule has 0 saturated carbocycles. The van der Waals surface area contributed by atoms with Crippen LogP contribution in [0.4, 0.5) is 0 Å². The van der Waals surface area contributed by atoms with E-state index in [0.717, 1.165) is 11.3 Å². The molecule has 0 aliphatic carbocycles. The number of carboxylic acids is 1. The number of hydrogen-bond acceptors (Lipinski definition) is 4. The summed E-state index contributed by atoms with van der Waals surface area (Å²) in [5.74, 6) is -0.299. The second-order valence-corrected chi connectivity index (χ2v) is 6.29. The van der Waals surface area contributed by atoms with Crippen molar-refractivity contribution >= 4 is 5.97 Å². The van der Waals surface area contributed by atoms with Gasteiger partial charge in [-0.25, -0.2) is 9.78 Å². The topological polar surface area (TPSA) is 71.5 Å². The van der Waals surface area contributed by atoms with Gasteiger partial charge < -0.3 is 15.2 Å². The van der Waals surface area contributed by atoms with Crippen molar-refractivity contribution in [1.29, 1.82) is 0 Å². The van der Waals surface area contributed by atoms with Crippen LogP contribution >= 0.6 is 0 Å². The van der Waals surface area contributed by atoms with Gasteiger partial charge >= 0.3 is 5.97 Å². The Morgan fingerprint density at radius 3 is 2.43 bits per heavy atom. The number of carbonyl (C=O) groups is 1. The summed E-state index contributed by atoms with van der Waals surface area (Å²) in [6.45, 7) is 7.22. The van der Waals surface area contributed by atoms with Crippen molar-refractivity contribution in [3.8, 4) is 5.88 Å². The van der Waals surface area contributed by atoms with Gasteiger partial charge in [0.25, 0.3) is 0 Å². The lowest BCUT2D eigenvalue weighted by molar-refractivity contribution is 0.0697. The van der Waals surface area contributed by atoms with Crippen LogP contribution in [0.5, 0.6) is 5.88 Å². The van der Waals surface area contributed by atoms with Gasteiger partial charge in [0.05, 0.1) is 11.3 Å². The van der Waals surface area contributed by atoms with Gasteiger partial charge in [-0.1, -0.05) is 18.2 Å². The number of carboxylic acid groups (broad SMARTS) is 1. The van der Waals surface area contributed by atoms with E-state index in [9.17, 15) is 4.79 Å². The van der Waals surface area contributed by atoms with Crippen molar-refractivity contribution in [2.24, 2.45) is 0 Å². The van der Waals surface area contributed by atoms with Gasteiger partial charge in [-0.2, -0.15) is 0 Å². The molecule has 23 heavy (non-hydrogen) atoms. The molecule has 1 heterocycles. The largest absolute Gasteiger partial charge is 0.478 e. The first kappa shape index (κ1) is 17.0. The first-order valence-corrected chi connectivity index (χ1v) is 7.51. The maximum absolute atomic E-state index is 10.8. The van der Waals surface area contributed by atoms with Crippen LogP contribution < -0.4 is 10.1 Å². The number of hydrogen-bond donors (Lipinski definition) is 2. The lowest BCUT2D eigenvalue weighted by Gasteiger charge is -2.20. The number of ether oxygens (including phenoxy) is 1. The number of nitrogens with one attached hydrogen (secondary N) is 1. The highest BCUT2D eigenvalue weighted by molar-refractivity contribution is 5.87. The molecule has 0 saturated heterocycles. The lowest BCUT2D eigenvalue weighted by Crippen LogP contribution is -2.24. The van der Waals surface area contributed by atoms with Gasteiger partial charge in [0, 0.05) is 19.2 Å². The highest BCUT2D eigenvalue weighted by Gasteiger charge is 2.12. The first-order chi connectivity index (χ1) is 10.8. The van der Waals surface area contributed by atoms with Gasteiger partial charge in [0.1, 0.15) is 5.60 Å². The number of benzene rings is 1. The summed E-state index contributed by atoms with van der Waals surface area (Å²) in [6.07, 6.45) is 0. The Balaban J connectivity index is 1.88. The highest BCUT2D eigenvalue weighted by atomic mass is 16.5. The molecule has 0 unspecified atom stereocenters. The third kappa shape index (κ3) is 5.71. The third-order valence-corrected chi connectivity index (χ3v) is 3.03. The van der Waals surface area contributed by atoms with E-state index in [2.05, 4.69) is 10.3 Å². The smallest absolute Gasteiger partial charge is 0.335 e. The monoisotopic (exact) mass is 314 g/mol. The second kappa shape index (κ2) is 7.24. The summed E-state index contributed by atoms with van der Waals surface area (Å²) in [4.78, 5) is 15.3. The normalized spacial score (nSPS) is 11.3. The Hall–Kier alpha value is -2.40.